The van der Waals surface area contributed by atoms with Gasteiger partial charge < -0.3 is 9.47 Å². The summed E-state index contributed by atoms with van der Waals surface area (Å²) in [6.45, 7) is 4.27. The Labute approximate surface area is 244 Å². The molecule has 0 bridgehead atoms. The number of hydrogen-bond acceptors (Lipinski definition) is 2. The highest BCUT2D eigenvalue weighted by atomic mass is 19.3. The van der Waals surface area contributed by atoms with Crippen molar-refractivity contribution in [3.05, 3.63) is 77.4 Å². The van der Waals surface area contributed by atoms with E-state index < -0.39 is 35.2 Å². The highest BCUT2D eigenvalue weighted by molar-refractivity contribution is 5.30. The monoisotopic (exact) mass is 594 g/mol. The van der Waals surface area contributed by atoms with Crippen LogP contribution in [0.25, 0.3) is 0 Å². The van der Waals surface area contributed by atoms with E-state index in [4.69, 9.17) is 4.74 Å². The molecule has 0 unspecified atom stereocenters. The fraction of sp³-hybridized carbons (Fsp3) is 0.588. The smallest absolute Gasteiger partial charge is 0.400 e. The summed E-state index contributed by atoms with van der Waals surface area (Å²) in [5.41, 5.74) is 1.86. The van der Waals surface area contributed by atoms with E-state index in [0.717, 1.165) is 62.5 Å². The third-order valence-corrected chi connectivity index (χ3v) is 9.96. The van der Waals surface area contributed by atoms with Crippen molar-refractivity contribution in [2.24, 2.45) is 17.8 Å². The molecule has 3 saturated carbocycles. The lowest BCUT2D eigenvalue weighted by atomic mass is 9.68. The van der Waals surface area contributed by atoms with Crippen molar-refractivity contribution in [3.8, 4) is 5.75 Å². The molecular weight excluding hydrogens is 554 g/mol. The zero-order chi connectivity index (χ0) is 29.9. The number of ether oxygens (including phenoxy) is 2. The van der Waals surface area contributed by atoms with Gasteiger partial charge in [-0.25, -0.2) is 17.6 Å². The predicted octanol–water partition coefficient (Wildman–Crippen LogP) is 10.2. The fourth-order valence-electron chi connectivity index (χ4n) is 7.56. The van der Waals surface area contributed by atoms with Gasteiger partial charge in [0.2, 0.25) is 0 Å². The molecule has 2 nitrogen and oxygen atoms in total. The van der Waals surface area contributed by atoms with E-state index in [1.807, 2.05) is 6.07 Å². The Bertz CT molecular complexity index is 1190. The topological polar surface area (TPSA) is 18.5 Å². The van der Waals surface area contributed by atoms with Crippen molar-refractivity contribution in [2.75, 3.05) is 6.61 Å². The van der Waals surface area contributed by atoms with Gasteiger partial charge in [0.25, 0.3) is 0 Å². The maximum absolute atomic E-state index is 15.3. The van der Waals surface area contributed by atoms with Gasteiger partial charge in [-0.1, -0.05) is 18.2 Å². The first-order valence-electron chi connectivity index (χ1n) is 15.4. The van der Waals surface area contributed by atoms with Crippen LogP contribution in [-0.2, 0) is 4.74 Å². The van der Waals surface area contributed by atoms with Crippen LogP contribution in [-0.4, -0.2) is 18.8 Å². The van der Waals surface area contributed by atoms with E-state index in [-0.39, 0.29) is 30.7 Å². The normalized spacial score (nSPS) is 28.8. The van der Waals surface area contributed by atoms with Crippen molar-refractivity contribution >= 4 is 0 Å². The summed E-state index contributed by atoms with van der Waals surface area (Å²) in [6.07, 6.45) is 7.73. The van der Waals surface area contributed by atoms with Crippen LogP contribution in [0, 0.1) is 41.0 Å². The summed E-state index contributed by atoms with van der Waals surface area (Å²) < 4.78 is 95.4. The minimum atomic E-state index is -3.61. The number of alkyl halides is 2. The second-order valence-electron chi connectivity index (χ2n) is 12.5. The second-order valence-corrected chi connectivity index (χ2v) is 12.5. The molecule has 0 atom stereocenters. The second kappa shape index (κ2) is 13.4. The van der Waals surface area contributed by atoms with E-state index in [2.05, 4.69) is 17.4 Å². The summed E-state index contributed by atoms with van der Waals surface area (Å²) in [6, 6.07) is 6.69. The van der Waals surface area contributed by atoms with Crippen molar-refractivity contribution < 1.29 is 35.8 Å². The molecule has 0 N–H and O–H groups in total. The number of hydrogen-bond donors (Lipinski definition) is 0. The Morgan fingerprint density at radius 2 is 1.29 bits per heavy atom. The molecule has 0 amide bonds. The molecule has 230 valence electrons. The number of benzene rings is 2. The Morgan fingerprint density at radius 3 is 1.86 bits per heavy atom. The Morgan fingerprint density at radius 1 is 0.714 bits per heavy atom. The largest absolute Gasteiger partial charge is 0.432 e. The fourth-order valence-corrected chi connectivity index (χ4v) is 7.56. The van der Waals surface area contributed by atoms with Gasteiger partial charge in [-0.2, -0.15) is 8.78 Å². The predicted molar refractivity (Wildman–Crippen MR) is 150 cm³/mol. The van der Waals surface area contributed by atoms with Crippen LogP contribution < -0.4 is 4.74 Å². The SMILES string of the molecule is C=CCOC1CCC(c2ccc(C3CCC(C4CCC(C(F)(F)Oc5cc(F)c(F)c(F)c5)CC4)CC3)c(F)c2)CC1. The standard InChI is InChI=1S/C34H40F6O2/c1-2-17-41-27-14-9-23(10-15-27)25-11-16-29(30(35)18-25)24-5-3-21(4-6-24)22-7-12-26(13-8-22)34(39,40)42-28-19-31(36)33(38)32(37)20-28/h2,11,16,18-24,26-27H,1,3-10,12-15,17H2. The average Bonchev–Trinajstić information content (AvgIpc) is 2.99. The third kappa shape index (κ3) is 7.17. The molecule has 42 heavy (non-hydrogen) atoms. The van der Waals surface area contributed by atoms with Gasteiger partial charge in [-0.15, -0.1) is 6.58 Å². The Kier molecular flexibility index (Phi) is 9.91. The average molecular weight is 595 g/mol. The highest BCUT2D eigenvalue weighted by Gasteiger charge is 2.45. The van der Waals surface area contributed by atoms with Gasteiger partial charge >= 0.3 is 6.11 Å². The first kappa shape index (κ1) is 31.0. The Hall–Kier alpha value is -2.48. The summed E-state index contributed by atoms with van der Waals surface area (Å²) in [5, 5.41) is 0. The minimum absolute atomic E-state index is 0.121. The molecule has 0 aromatic heterocycles. The van der Waals surface area contributed by atoms with Crippen LogP contribution in [0.5, 0.6) is 5.75 Å². The van der Waals surface area contributed by atoms with Gasteiger partial charge in [0.1, 0.15) is 11.6 Å². The Balaban J connectivity index is 1.09. The first-order valence-corrected chi connectivity index (χ1v) is 15.4. The van der Waals surface area contributed by atoms with Crippen LogP contribution in [0.2, 0.25) is 0 Å². The molecule has 3 fully saturated rings. The number of halogens is 6. The molecule has 8 heteroatoms. The summed E-state index contributed by atoms with van der Waals surface area (Å²) in [5.74, 6) is -5.51. The molecular formula is C34H40F6O2. The van der Waals surface area contributed by atoms with Crippen LogP contribution in [0.1, 0.15) is 100 Å². The zero-order valence-corrected chi connectivity index (χ0v) is 23.9. The molecule has 0 saturated heterocycles. The lowest BCUT2D eigenvalue weighted by Crippen LogP contribution is -2.38. The van der Waals surface area contributed by atoms with Crippen molar-refractivity contribution in [3.63, 3.8) is 0 Å². The van der Waals surface area contributed by atoms with Crippen LogP contribution in [0.15, 0.2) is 43.0 Å². The van der Waals surface area contributed by atoms with Crippen LogP contribution in [0.4, 0.5) is 26.3 Å². The molecule has 0 spiro atoms. The molecule has 3 aliphatic carbocycles. The van der Waals surface area contributed by atoms with E-state index in [0.29, 0.717) is 49.3 Å². The molecule has 2 aromatic carbocycles. The third-order valence-electron chi connectivity index (χ3n) is 9.96. The van der Waals surface area contributed by atoms with E-state index in [1.54, 1.807) is 12.1 Å². The zero-order valence-electron chi connectivity index (χ0n) is 23.9. The minimum Gasteiger partial charge on any atom is -0.432 e. The highest BCUT2D eigenvalue weighted by Crippen LogP contribution is 2.47. The van der Waals surface area contributed by atoms with E-state index in [1.165, 1.54) is 0 Å². The summed E-state index contributed by atoms with van der Waals surface area (Å²) in [4.78, 5) is 0. The molecule has 0 heterocycles. The van der Waals surface area contributed by atoms with Gasteiger partial charge in [0.15, 0.2) is 17.5 Å². The van der Waals surface area contributed by atoms with Crippen molar-refractivity contribution in [1.82, 2.24) is 0 Å². The molecule has 2 aromatic rings. The molecule has 0 radical (unpaired) electrons. The first-order chi connectivity index (χ1) is 20.1. The quantitative estimate of drug-likeness (QED) is 0.163. The van der Waals surface area contributed by atoms with Gasteiger partial charge in [-0.3, -0.25) is 0 Å². The summed E-state index contributed by atoms with van der Waals surface area (Å²) in [7, 11) is 0. The summed E-state index contributed by atoms with van der Waals surface area (Å²) >= 11 is 0. The van der Waals surface area contributed by atoms with E-state index in [9.17, 15) is 22.0 Å². The van der Waals surface area contributed by atoms with Gasteiger partial charge in [-0.05, 0) is 118 Å². The van der Waals surface area contributed by atoms with Crippen molar-refractivity contribution in [2.45, 2.75) is 101 Å². The molecule has 3 aliphatic rings. The maximum atomic E-state index is 15.3. The van der Waals surface area contributed by atoms with Crippen LogP contribution >= 0.6 is 0 Å². The van der Waals surface area contributed by atoms with Gasteiger partial charge in [0.05, 0.1) is 18.6 Å². The van der Waals surface area contributed by atoms with E-state index >= 15 is 4.39 Å². The van der Waals surface area contributed by atoms with Crippen LogP contribution in [0.3, 0.4) is 0 Å². The van der Waals surface area contributed by atoms with Gasteiger partial charge in [0, 0.05) is 12.1 Å². The molecule has 5 rings (SSSR count). The lowest BCUT2D eigenvalue weighted by Gasteiger charge is -2.39. The van der Waals surface area contributed by atoms with Crippen molar-refractivity contribution in [1.29, 1.82) is 0 Å². The number of rotatable bonds is 9. The maximum Gasteiger partial charge on any atom is 0.400 e. The molecule has 0 aliphatic heterocycles. The lowest BCUT2D eigenvalue weighted by molar-refractivity contribution is -0.224.